The minimum atomic E-state index is -2.33. The van der Waals surface area contributed by atoms with Crippen LogP contribution in [0.2, 0.25) is 0 Å². The van der Waals surface area contributed by atoms with Gasteiger partial charge >= 0.3 is 12.1 Å². The van der Waals surface area contributed by atoms with Crippen LogP contribution in [0, 0.1) is 29.1 Å². The first-order valence-corrected chi connectivity index (χ1v) is 10.5. The molecule has 1 amide bonds. The number of halogens is 5. The second kappa shape index (κ2) is 9.73. The molecule has 0 bridgehead atoms. The molecule has 10 heteroatoms. The summed E-state index contributed by atoms with van der Waals surface area (Å²) in [5, 5.41) is 11.3. The minimum Gasteiger partial charge on any atom is -0.481 e. The van der Waals surface area contributed by atoms with Crippen molar-refractivity contribution in [1.29, 1.82) is 0 Å². The van der Waals surface area contributed by atoms with Crippen LogP contribution in [0.4, 0.5) is 26.7 Å². The second-order valence-corrected chi connectivity index (χ2v) is 8.02. The third-order valence-electron chi connectivity index (χ3n) is 5.84. The molecular formula is C25H18F5NO4. The molecule has 3 aromatic rings. The average Bonchev–Trinajstić information content (AvgIpc) is 3.16. The summed E-state index contributed by atoms with van der Waals surface area (Å²) in [6.07, 6.45) is -2.90. The highest BCUT2D eigenvalue weighted by molar-refractivity contribution is 5.79. The van der Waals surface area contributed by atoms with Crippen LogP contribution in [0.5, 0.6) is 0 Å². The molecule has 0 heterocycles. The third-order valence-corrected chi connectivity index (χ3v) is 5.84. The van der Waals surface area contributed by atoms with E-state index in [2.05, 4.69) is 5.32 Å². The number of ether oxygens (including phenoxy) is 1. The zero-order chi connectivity index (χ0) is 25.3. The molecule has 0 unspecified atom stereocenters. The number of hydrogen-bond acceptors (Lipinski definition) is 3. The van der Waals surface area contributed by atoms with Crippen LogP contribution in [0.1, 0.15) is 29.0 Å². The summed E-state index contributed by atoms with van der Waals surface area (Å²) in [4.78, 5) is 23.6. The summed E-state index contributed by atoms with van der Waals surface area (Å²) in [6, 6.07) is 13.6. The number of carboxylic acid groups (broad SMARTS) is 1. The first-order valence-electron chi connectivity index (χ1n) is 10.5. The van der Waals surface area contributed by atoms with Gasteiger partial charge in [-0.05, 0) is 28.7 Å². The standard InChI is InChI=1S/C25H18F5NO4/c26-20-17(21(27)23(29)24(30)22(20)28)9-12(10-19(32)33)31-25(34)35-11-18-15-7-3-1-5-13(15)14-6-2-4-8-16(14)18/h1-8,12,18H,9-11H2,(H,31,34)(H,32,33)/t12-/m0/s1. The van der Waals surface area contributed by atoms with Crippen molar-refractivity contribution in [3.8, 4) is 11.1 Å². The fourth-order valence-corrected chi connectivity index (χ4v) is 4.27. The molecule has 1 aliphatic rings. The number of carbonyl (C=O) groups is 2. The topological polar surface area (TPSA) is 75.6 Å². The molecule has 0 radical (unpaired) electrons. The van der Waals surface area contributed by atoms with E-state index in [1.807, 2.05) is 48.5 Å². The number of hydrogen-bond donors (Lipinski definition) is 2. The quantitative estimate of drug-likeness (QED) is 0.267. The van der Waals surface area contributed by atoms with E-state index in [9.17, 15) is 31.5 Å². The van der Waals surface area contributed by atoms with Crippen LogP contribution < -0.4 is 5.32 Å². The van der Waals surface area contributed by atoms with Crippen LogP contribution >= 0.6 is 0 Å². The number of amides is 1. The molecule has 0 aromatic heterocycles. The zero-order valence-electron chi connectivity index (χ0n) is 18.0. The lowest BCUT2D eigenvalue weighted by Gasteiger charge is -2.20. The number of benzene rings is 3. The predicted octanol–water partition coefficient (Wildman–Crippen LogP) is 5.31. The van der Waals surface area contributed by atoms with Crippen LogP contribution in [0.25, 0.3) is 11.1 Å². The normalized spacial score (nSPS) is 13.2. The molecule has 2 N–H and O–H groups in total. The fourth-order valence-electron chi connectivity index (χ4n) is 4.27. The van der Waals surface area contributed by atoms with Gasteiger partial charge in [-0.3, -0.25) is 4.79 Å². The van der Waals surface area contributed by atoms with Gasteiger partial charge in [0.05, 0.1) is 6.42 Å². The maximum absolute atomic E-state index is 14.1. The lowest BCUT2D eigenvalue weighted by atomic mass is 9.98. The number of fused-ring (bicyclic) bond motifs is 3. The number of nitrogens with one attached hydrogen (secondary N) is 1. The molecule has 35 heavy (non-hydrogen) atoms. The summed E-state index contributed by atoms with van der Waals surface area (Å²) in [5.41, 5.74) is 2.57. The van der Waals surface area contributed by atoms with Crippen molar-refractivity contribution < 1.29 is 41.4 Å². The van der Waals surface area contributed by atoms with Gasteiger partial charge < -0.3 is 15.2 Å². The molecule has 182 valence electrons. The number of rotatable bonds is 7. The molecule has 4 rings (SSSR count). The summed E-state index contributed by atoms with van der Waals surface area (Å²) in [6.45, 7) is -0.123. The first kappa shape index (κ1) is 24.2. The lowest BCUT2D eigenvalue weighted by Crippen LogP contribution is -2.39. The van der Waals surface area contributed by atoms with E-state index < -0.39 is 65.6 Å². The van der Waals surface area contributed by atoms with Gasteiger partial charge in [-0.1, -0.05) is 48.5 Å². The van der Waals surface area contributed by atoms with Crippen LogP contribution in [-0.4, -0.2) is 29.8 Å². The minimum absolute atomic E-state index is 0.123. The van der Waals surface area contributed by atoms with Crippen molar-refractivity contribution in [2.45, 2.75) is 24.8 Å². The van der Waals surface area contributed by atoms with Gasteiger partial charge in [-0.2, -0.15) is 0 Å². The SMILES string of the molecule is O=C(O)C[C@H](Cc1c(F)c(F)c(F)c(F)c1F)NC(=O)OCC1c2ccccc2-c2ccccc21. The summed E-state index contributed by atoms with van der Waals surface area (Å²) in [7, 11) is 0. The van der Waals surface area contributed by atoms with Gasteiger partial charge in [0, 0.05) is 17.5 Å². The third kappa shape index (κ3) is 4.68. The molecular weight excluding hydrogens is 473 g/mol. The lowest BCUT2D eigenvalue weighted by molar-refractivity contribution is -0.137. The Morgan fingerprint density at radius 2 is 1.31 bits per heavy atom. The molecule has 0 spiro atoms. The number of alkyl carbamates (subject to hydrolysis) is 1. The van der Waals surface area contributed by atoms with E-state index >= 15 is 0 Å². The Kier molecular flexibility index (Phi) is 6.72. The highest BCUT2D eigenvalue weighted by Crippen LogP contribution is 2.44. The van der Waals surface area contributed by atoms with Crippen LogP contribution in [0.3, 0.4) is 0 Å². The van der Waals surface area contributed by atoms with E-state index in [4.69, 9.17) is 9.84 Å². The van der Waals surface area contributed by atoms with Gasteiger partial charge in [0.15, 0.2) is 23.3 Å². The molecule has 1 aliphatic carbocycles. The Labute approximate surface area is 196 Å². The Balaban J connectivity index is 1.50. The number of aliphatic carboxylic acids is 1. The highest BCUT2D eigenvalue weighted by Gasteiger charge is 2.31. The van der Waals surface area contributed by atoms with Crippen molar-refractivity contribution in [2.75, 3.05) is 6.61 Å². The first-order chi connectivity index (χ1) is 16.7. The molecule has 0 fully saturated rings. The largest absolute Gasteiger partial charge is 0.481 e. The Bertz CT molecular complexity index is 1240. The van der Waals surface area contributed by atoms with Crippen molar-refractivity contribution >= 4 is 12.1 Å². The van der Waals surface area contributed by atoms with Gasteiger partial charge in [0.2, 0.25) is 5.82 Å². The van der Waals surface area contributed by atoms with Gasteiger partial charge in [-0.25, -0.2) is 26.7 Å². The van der Waals surface area contributed by atoms with E-state index in [1.165, 1.54) is 0 Å². The molecule has 0 saturated carbocycles. The molecule has 1 atom stereocenters. The predicted molar refractivity (Wildman–Crippen MR) is 114 cm³/mol. The monoisotopic (exact) mass is 491 g/mol. The van der Waals surface area contributed by atoms with Crippen molar-refractivity contribution in [1.82, 2.24) is 5.32 Å². The Morgan fingerprint density at radius 3 is 1.83 bits per heavy atom. The van der Waals surface area contributed by atoms with E-state index in [0.29, 0.717) is 0 Å². The average molecular weight is 491 g/mol. The van der Waals surface area contributed by atoms with Crippen molar-refractivity contribution in [3.05, 3.63) is 94.3 Å². The molecule has 3 aromatic carbocycles. The summed E-state index contributed by atoms with van der Waals surface area (Å²) >= 11 is 0. The van der Waals surface area contributed by atoms with Crippen LogP contribution in [-0.2, 0) is 16.0 Å². The van der Waals surface area contributed by atoms with Gasteiger partial charge in [0.25, 0.3) is 0 Å². The van der Waals surface area contributed by atoms with E-state index in [0.717, 1.165) is 22.3 Å². The van der Waals surface area contributed by atoms with Crippen molar-refractivity contribution in [2.24, 2.45) is 0 Å². The smallest absolute Gasteiger partial charge is 0.407 e. The maximum Gasteiger partial charge on any atom is 0.407 e. The van der Waals surface area contributed by atoms with Crippen molar-refractivity contribution in [3.63, 3.8) is 0 Å². The Morgan fingerprint density at radius 1 is 0.829 bits per heavy atom. The van der Waals surface area contributed by atoms with E-state index in [-0.39, 0.29) is 12.5 Å². The highest BCUT2D eigenvalue weighted by atomic mass is 19.2. The second-order valence-electron chi connectivity index (χ2n) is 8.02. The van der Waals surface area contributed by atoms with Gasteiger partial charge in [0.1, 0.15) is 6.61 Å². The zero-order valence-corrected chi connectivity index (χ0v) is 18.0. The van der Waals surface area contributed by atoms with Gasteiger partial charge in [-0.15, -0.1) is 0 Å². The number of carboxylic acids is 1. The molecule has 0 aliphatic heterocycles. The van der Waals surface area contributed by atoms with Crippen LogP contribution in [0.15, 0.2) is 48.5 Å². The summed E-state index contributed by atoms with van der Waals surface area (Å²) < 4.78 is 73.7. The summed E-state index contributed by atoms with van der Waals surface area (Å²) in [5.74, 6) is -12.6. The molecule has 0 saturated heterocycles. The van der Waals surface area contributed by atoms with E-state index in [1.54, 1.807) is 0 Å². The maximum atomic E-state index is 14.1. The Hall–Kier alpha value is -3.95. The molecule has 5 nitrogen and oxygen atoms in total. The fraction of sp³-hybridized carbons (Fsp3) is 0.200. The number of carbonyl (C=O) groups excluding carboxylic acids is 1.